The van der Waals surface area contributed by atoms with E-state index in [4.69, 9.17) is 5.26 Å². The van der Waals surface area contributed by atoms with E-state index in [1.807, 2.05) is 6.07 Å². The van der Waals surface area contributed by atoms with Gasteiger partial charge in [0.1, 0.15) is 0 Å². The maximum Gasteiger partial charge on any atom is 0.416 e. The molecule has 0 heterocycles. The molecule has 1 N–H and O–H groups in total. The second-order valence-corrected chi connectivity index (χ2v) is 7.49. The molecule has 0 bridgehead atoms. The van der Waals surface area contributed by atoms with E-state index in [-0.39, 0.29) is 24.2 Å². The summed E-state index contributed by atoms with van der Waals surface area (Å²) >= 11 is 0. The molecule has 0 fully saturated rings. The van der Waals surface area contributed by atoms with Crippen LogP contribution in [-0.2, 0) is 16.2 Å². The topological polar surface area (TPSA) is 90.3 Å². The van der Waals surface area contributed by atoms with Gasteiger partial charge in [-0.05, 0) is 30.3 Å². The van der Waals surface area contributed by atoms with E-state index in [9.17, 15) is 26.4 Å². The Morgan fingerprint density at radius 3 is 2.50 bits per heavy atom. The summed E-state index contributed by atoms with van der Waals surface area (Å²) in [7, 11) is -2.91. The van der Waals surface area contributed by atoms with E-state index < -0.39 is 32.6 Å². The van der Waals surface area contributed by atoms with Crippen LogP contribution in [0.15, 0.2) is 53.4 Å². The van der Waals surface area contributed by atoms with Gasteiger partial charge >= 0.3 is 6.18 Å². The highest BCUT2D eigenvalue weighted by Crippen LogP contribution is 2.31. The first-order valence-electron chi connectivity index (χ1n) is 7.98. The van der Waals surface area contributed by atoms with Crippen molar-refractivity contribution in [1.82, 2.24) is 4.90 Å². The van der Waals surface area contributed by atoms with Crippen molar-refractivity contribution in [2.45, 2.75) is 17.5 Å². The van der Waals surface area contributed by atoms with Crippen molar-refractivity contribution in [2.75, 3.05) is 18.3 Å². The lowest BCUT2D eigenvalue weighted by Gasteiger charge is -2.18. The molecule has 0 spiro atoms. The van der Waals surface area contributed by atoms with E-state index in [1.165, 1.54) is 36.2 Å². The van der Waals surface area contributed by atoms with Crippen LogP contribution >= 0.6 is 0 Å². The van der Waals surface area contributed by atoms with Gasteiger partial charge in [-0.25, -0.2) is 8.42 Å². The van der Waals surface area contributed by atoms with Crippen LogP contribution < -0.4 is 4.72 Å². The molecule has 6 nitrogen and oxygen atoms in total. The van der Waals surface area contributed by atoms with Gasteiger partial charge in [-0.3, -0.25) is 9.52 Å². The average Bonchev–Trinajstić information content (AvgIpc) is 2.65. The minimum atomic E-state index is -4.69. The summed E-state index contributed by atoms with van der Waals surface area (Å²) in [6.45, 7) is 0.143. The predicted octanol–water partition coefficient (Wildman–Crippen LogP) is 3.49. The Hall–Kier alpha value is -3.06. The van der Waals surface area contributed by atoms with Crippen LogP contribution in [0.3, 0.4) is 0 Å². The van der Waals surface area contributed by atoms with E-state index in [1.54, 1.807) is 0 Å². The summed E-state index contributed by atoms with van der Waals surface area (Å²) in [4.78, 5) is 13.2. The lowest BCUT2D eigenvalue weighted by Crippen LogP contribution is -2.28. The van der Waals surface area contributed by atoms with Crippen molar-refractivity contribution in [1.29, 1.82) is 5.26 Å². The fourth-order valence-electron chi connectivity index (χ4n) is 2.33. The number of hydrogen-bond acceptors (Lipinski definition) is 4. The van der Waals surface area contributed by atoms with Gasteiger partial charge in [0, 0.05) is 13.6 Å². The molecule has 0 aliphatic carbocycles. The van der Waals surface area contributed by atoms with Gasteiger partial charge in [0.05, 0.1) is 34.2 Å². The van der Waals surface area contributed by atoms with Crippen LogP contribution in [-0.4, -0.2) is 32.8 Å². The zero-order valence-corrected chi connectivity index (χ0v) is 15.5. The number of halogens is 3. The highest BCUT2D eigenvalue weighted by atomic mass is 32.2. The molecule has 0 aliphatic rings. The molecule has 0 aliphatic heterocycles. The zero-order valence-electron chi connectivity index (χ0n) is 14.7. The first-order chi connectivity index (χ1) is 13.1. The van der Waals surface area contributed by atoms with Gasteiger partial charge in [-0.2, -0.15) is 18.4 Å². The number of nitrogens with one attached hydrogen (secondary N) is 1. The van der Waals surface area contributed by atoms with E-state index in [0.717, 1.165) is 18.2 Å². The zero-order chi connectivity index (χ0) is 20.9. The number of para-hydroxylation sites is 1. The summed E-state index contributed by atoms with van der Waals surface area (Å²) in [5, 5.41) is 8.62. The smallest absolute Gasteiger partial charge is 0.341 e. The van der Waals surface area contributed by atoms with Crippen molar-refractivity contribution < 1.29 is 26.4 Å². The van der Waals surface area contributed by atoms with Gasteiger partial charge in [0.15, 0.2) is 0 Å². The minimum absolute atomic E-state index is 0.0125. The van der Waals surface area contributed by atoms with Crippen LogP contribution in [0.1, 0.15) is 22.3 Å². The van der Waals surface area contributed by atoms with Crippen LogP contribution in [0.5, 0.6) is 0 Å². The fourth-order valence-corrected chi connectivity index (χ4v) is 3.45. The Balaban J connectivity index is 2.36. The molecule has 0 radical (unpaired) electrons. The average molecular weight is 411 g/mol. The number of nitrogens with zero attached hydrogens (tertiary/aromatic N) is 2. The Labute approximate surface area is 160 Å². The molecule has 0 unspecified atom stereocenters. The highest BCUT2D eigenvalue weighted by molar-refractivity contribution is 7.92. The molecule has 0 atom stereocenters. The summed E-state index contributed by atoms with van der Waals surface area (Å²) < 4.78 is 65.8. The maximum absolute atomic E-state index is 12.9. The second kappa shape index (κ2) is 8.31. The SMILES string of the molecule is CN(CCC#N)C(=O)c1ccccc1NS(=O)(=O)c1cccc(C(F)(F)F)c1. The second-order valence-electron chi connectivity index (χ2n) is 5.81. The van der Waals surface area contributed by atoms with E-state index >= 15 is 0 Å². The summed E-state index contributed by atoms with van der Waals surface area (Å²) in [6.07, 6.45) is -4.59. The predicted molar refractivity (Wildman–Crippen MR) is 95.9 cm³/mol. The number of carbonyl (C=O) groups excluding carboxylic acids is 1. The fraction of sp³-hybridized carbons (Fsp3) is 0.222. The molecule has 0 aromatic heterocycles. The molecule has 0 saturated heterocycles. The van der Waals surface area contributed by atoms with Crippen molar-refractivity contribution in [3.05, 3.63) is 59.7 Å². The summed E-state index contributed by atoms with van der Waals surface area (Å²) in [5.41, 5.74) is -1.16. The Kier molecular flexibility index (Phi) is 6.30. The molecular weight excluding hydrogens is 395 g/mol. The Morgan fingerprint density at radius 2 is 1.86 bits per heavy atom. The minimum Gasteiger partial charge on any atom is -0.341 e. The number of anilines is 1. The van der Waals surface area contributed by atoms with E-state index in [2.05, 4.69) is 4.72 Å². The van der Waals surface area contributed by atoms with Crippen molar-refractivity contribution in [3.8, 4) is 6.07 Å². The molecule has 148 valence electrons. The summed E-state index contributed by atoms with van der Waals surface area (Å²) in [5.74, 6) is -0.530. The highest BCUT2D eigenvalue weighted by Gasteiger charge is 2.32. The first-order valence-corrected chi connectivity index (χ1v) is 9.46. The van der Waals surface area contributed by atoms with Crippen LogP contribution in [0, 0.1) is 11.3 Å². The molecule has 1 amide bonds. The molecule has 2 rings (SSSR count). The lowest BCUT2D eigenvalue weighted by atomic mass is 10.1. The van der Waals surface area contributed by atoms with Crippen molar-refractivity contribution >= 4 is 21.6 Å². The normalized spacial score (nSPS) is 11.5. The van der Waals surface area contributed by atoms with Gasteiger partial charge in [-0.1, -0.05) is 18.2 Å². The van der Waals surface area contributed by atoms with Gasteiger partial charge in [0.2, 0.25) is 0 Å². The molecule has 28 heavy (non-hydrogen) atoms. The number of nitriles is 1. The lowest BCUT2D eigenvalue weighted by molar-refractivity contribution is -0.137. The van der Waals surface area contributed by atoms with Gasteiger partial charge < -0.3 is 4.90 Å². The molecular formula is C18H16F3N3O3S. The number of alkyl halides is 3. The Bertz CT molecular complexity index is 1010. The molecule has 2 aromatic carbocycles. The quantitative estimate of drug-likeness (QED) is 0.788. The van der Waals surface area contributed by atoms with Crippen LogP contribution in [0.2, 0.25) is 0 Å². The van der Waals surface area contributed by atoms with Crippen molar-refractivity contribution in [3.63, 3.8) is 0 Å². The van der Waals surface area contributed by atoms with Crippen LogP contribution in [0.4, 0.5) is 18.9 Å². The first kappa shape index (κ1) is 21.2. The summed E-state index contributed by atoms with van der Waals surface area (Å²) in [6, 6.07) is 10.9. The Morgan fingerprint density at radius 1 is 1.18 bits per heavy atom. The van der Waals surface area contributed by atoms with Crippen molar-refractivity contribution in [2.24, 2.45) is 0 Å². The molecule has 2 aromatic rings. The van der Waals surface area contributed by atoms with Crippen LogP contribution in [0.25, 0.3) is 0 Å². The number of benzene rings is 2. The number of amides is 1. The third-order valence-electron chi connectivity index (χ3n) is 3.78. The third-order valence-corrected chi connectivity index (χ3v) is 5.14. The standard InChI is InChI=1S/C18H16F3N3O3S/c1-24(11-5-10-22)17(25)15-8-2-3-9-16(15)23-28(26,27)14-7-4-6-13(12-14)18(19,20)21/h2-4,6-9,12,23H,5,11H2,1H3. The number of hydrogen-bond donors (Lipinski definition) is 1. The van der Waals surface area contributed by atoms with E-state index in [0.29, 0.717) is 6.07 Å². The van der Waals surface area contributed by atoms with Gasteiger partial charge in [0.25, 0.3) is 15.9 Å². The molecule has 0 saturated carbocycles. The maximum atomic E-state index is 12.9. The number of rotatable bonds is 6. The largest absolute Gasteiger partial charge is 0.416 e. The number of carbonyl (C=O) groups is 1. The monoisotopic (exact) mass is 411 g/mol. The number of sulfonamides is 1. The van der Waals surface area contributed by atoms with Gasteiger partial charge in [-0.15, -0.1) is 0 Å². The third kappa shape index (κ3) is 5.01. The molecule has 10 heteroatoms.